The van der Waals surface area contributed by atoms with E-state index in [2.05, 4.69) is 18.0 Å². The van der Waals surface area contributed by atoms with Crippen LogP contribution < -0.4 is 4.74 Å². The number of benzene rings is 1. The molecule has 1 aliphatic rings. The third kappa shape index (κ3) is 3.64. The van der Waals surface area contributed by atoms with E-state index in [1.807, 2.05) is 6.08 Å². The number of hydrogen-bond donors (Lipinski definition) is 0. The van der Waals surface area contributed by atoms with Crippen molar-refractivity contribution in [2.75, 3.05) is 6.54 Å². The average Bonchev–Trinajstić information content (AvgIpc) is 3.22. The Bertz CT molecular complexity index is 741. The van der Waals surface area contributed by atoms with Gasteiger partial charge in [0.05, 0.1) is 6.04 Å². The molecule has 1 aromatic carbocycles. The number of nitrogens with zero attached hydrogens (tertiary/aromatic N) is 2. The lowest BCUT2D eigenvalue weighted by Crippen LogP contribution is -2.36. The van der Waals surface area contributed by atoms with E-state index in [9.17, 15) is 9.18 Å². The molecule has 0 aliphatic carbocycles. The van der Waals surface area contributed by atoms with Crippen molar-refractivity contribution in [1.29, 1.82) is 0 Å². The summed E-state index contributed by atoms with van der Waals surface area (Å²) in [5.41, 5.74) is 0.262. The van der Waals surface area contributed by atoms with Crippen LogP contribution in [0.15, 0.2) is 47.1 Å². The van der Waals surface area contributed by atoms with Gasteiger partial charge in [0.2, 0.25) is 5.89 Å². The summed E-state index contributed by atoms with van der Waals surface area (Å²) in [7, 11) is 0. The molecule has 24 heavy (non-hydrogen) atoms. The molecule has 1 aromatic heterocycles. The van der Waals surface area contributed by atoms with Gasteiger partial charge in [-0.2, -0.15) is 0 Å². The summed E-state index contributed by atoms with van der Waals surface area (Å²) in [6.07, 6.45) is 7.32. The maximum atomic E-state index is 13.1. The topological polar surface area (TPSA) is 55.6 Å². The van der Waals surface area contributed by atoms with Crippen molar-refractivity contribution in [3.63, 3.8) is 0 Å². The summed E-state index contributed by atoms with van der Waals surface area (Å²) in [5, 5.41) is 0. The number of hydrogen-bond acceptors (Lipinski definition) is 4. The molecule has 3 rings (SSSR count). The molecule has 1 aliphatic heterocycles. The summed E-state index contributed by atoms with van der Waals surface area (Å²) >= 11 is 0. The van der Waals surface area contributed by atoms with E-state index in [0.29, 0.717) is 12.3 Å². The Morgan fingerprint density at radius 3 is 3.17 bits per heavy atom. The fraction of sp³-hybridized carbons (Fsp3) is 0.333. The van der Waals surface area contributed by atoms with Gasteiger partial charge in [0.25, 0.3) is 5.91 Å². The second-order valence-electron chi connectivity index (χ2n) is 5.61. The Morgan fingerprint density at radius 2 is 2.38 bits per heavy atom. The van der Waals surface area contributed by atoms with Gasteiger partial charge in [-0.25, -0.2) is 9.37 Å². The van der Waals surface area contributed by atoms with E-state index in [1.54, 1.807) is 17.0 Å². The molecule has 0 fully saturated rings. The number of oxazole rings is 1. The molecular weight excluding hydrogens is 311 g/mol. The van der Waals surface area contributed by atoms with Gasteiger partial charge in [0.1, 0.15) is 17.8 Å². The van der Waals surface area contributed by atoms with Crippen molar-refractivity contribution in [2.24, 2.45) is 0 Å². The fourth-order valence-electron chi connectivity index (χ4n) is 2.68. The largest absolute Gasteiger partial charge is 0.484 e. The molecule has 0 spiro atoms. The lowest BCUT2D eigenvalue weighted by atomic mass is 10.1. The molecule has 0 saturated carbocycles. The Kier molecular flexibility index (Phi) is 4.93. The van der Waals surface area contributed by atoms with Gasteiger partial charge < -0.3 is 14.1 Å². The first kappa shape index (κ1) is 16.2. The zero-order valence-corrected chi connectivity index (χ0v) is 13.4. The molecule has 1 atom stereocenters. The Balaban J connectivity index is 1.61. The van der Waals surface area contributed by atoms with Crippen LogP contribution in [0.25, 0.3) is 0 Å². The Morgan fingerprint density at radius 1 is 1.50 bits per heavy atom. The smallest absolute Gasteiger partial charge is 0.276 e. The summed E-state index contributed by atoms with van der Waals surface area (Å²) in [4.78, 5) is 18.5. The first-order valence-electron chi connectivity index (χ1n) is 7.97. The van der Waals surface area contributed by atoms with Crippen LogP contribution in [-0.2, 0) is 6.61 Å². The van der Waals surface area contributed by atoms with Crippen molar-refractivity contribution < 1.29 is 18.3 Å². The molecule has 126 valence electrons. The van der Waals surface area contributed by atoms with Crippen LogP contribution in [0.2, 0.25) is 0 Å². The van der Waals surface area contributed by atoms with Crippen molar-refractivity contribution in [2.45, 2.75) is 32.4 Å². The second-order valence-corrected chi connectivity index (χ2v) is 5.61. The monoisotopic (exact) mass is 330 g/mol. The number of carbonyl (C=O) groups excluding carboxylic acids is 1. The van der Waals surface area contributed by atoms with E-state index in [-0.39, 0.29) is 36.0 Å². The summed E-state index contributed by atoms with van der Waals surface area (Å²) in [6, 6.07) is 5.93. The molecule has 2 heterocycles. The van der Waals surface area contributed by atoms with Gasteiger partial charge in [-0.3, -0.25) is 4.79 Å². The van der Waals surface area contributed by atoms with Crippen LogP contribution in [0.4, 0.5) is 4.39 Å². The Hall–Kier alpha value is -2.63. The molecule has 2 aromatic rings. The van der Waals surface area contributed by atoms with E-state index in [1.165, 1.54) is 18.4 Å². The van der Waals surface area contributed by atoms with Crippen molar-refractivity contribution >= 4 is 5.91 Å². The van der Waals surface area contributed by atoms with Gasteiger partial charge in [-0.05, 0) is 18.6 Å². The number of ether oxygens (including phenoxy) is 1. The summed E-state index contributed by atoms with van der Waals surface area (Å²) in [6.45, 7) is 2.71. The van der Waals surface area contributed by atoms with Crippen molar-refractivity contribution in [3.05, 3.63) is 60.1 Å². The van der Waals surface area contributed by atoms with Gasteiger partial charge in [0.15, 0.2) is 12.3 Å². The number of rotatable bonds is 6. The SMILES string of the molecule is CCCC1C=CCN1C(=O)c1coc(COc2cccc(F)c2)n1. The van der Waals surface area contributed by atoms with Crippen LogP contribution in [0.1, 0.15) is 36.1 Å². The molecular formula is C18H19FN2O3. The highest BCUT2D eigenvalue weighted by Gasteiger charge is 2.27. The number of amides is 1. The fourth-order valence-corrected chi connectivity index (χ4v) is 2.68. The lowest BCUT2D eigenvalue weighted by molar-refractivity contribution is 0.0738. The van der Waals surface area contributed by atoms with Crippen LogP contribution >= 0.6 is 0 Å². The van der Waals surface area contributed by atoms with Crippen LogP contribution in [-0.4, -0.2) is 28.4 Å². The standard InChI is InChI=1S/C18H19FN2O3/c1-2-5-14-7-4-9-21(14)18(22)16-11-24-17(20-16)12-23-15-8-3-6-13(19)10-15/h3-4,6-8,10-11,14H,2,5,9,12H2,1H3. The van der Waals surface area contributed by atoms with E-state index in [4.69, 9.17) is 9.15 Å². The van der Waals surface area contributed by atoms with Crippen LogP contribution in [0.5, 0.6) is 5.75 Å². The number of halogens is 1. The zero-order valence-electron chi connectivity index (χ0n) is 13.4. The third-order valence-electron chi connectivity index (χ3n) is 3.84. The molecule has 0 N–H and O–H groups in total. The molecule has 0 saturated heterocycles. The third-order valence-corrected chi connectivity index (χ3v) is 3.84. The van der Waals surface area contributed by atoms with E-state index < -0.39 is 0 Å². The van der Waals surface area contributed by atoms with Crippen LogP contribution in [0, 0.1) is 5.82 Å². The molecule has 0 bridgehead atoms. The van der Waals surface area contributed by atoms with Gasteiger partial charge in [0, 0.05) is 12.6 Å². The summed E-state index contributed by atoms with van der Waals surface area (Å²) < 4.78 is 23.8. The number of aromatic nitrogens is 1. The summed E-state index contributed by atoms with van der Waals surface area (Å²) in [5.74, 6) is 0.133. The number of carbonyl (C=O) groups is 1. The predicted octanol–water partition coefficient (Wildman–Crippen LogP) is 3.57. The predicted molar refractivity (Wildman–Crippen MR) is 86.1 cm³/mol. The first-order chi connectivity index (χ1) is 11.7. The van der Waals surface area contributed by atoms with Gasteiger partial charge >= 0.3 is 0 Å². The molecule has 6 heteroatoms. The zero-order chi connectivity index (χ0) is 16.9. The first-order valence-corrected chi connectivity index (χ1v) is 7.97. The van der Waals surface area contributed by atoms with Gasteiger partial charge in [-0.1, -0.05) is 31.6 Å². The quantitative estimate of drug-likeness (QED) is 0.760. The highest BCUT2D eigenvalue weighted by Crippen LogP contribution is 2.19. The molecule has 1 unspecified atom stereocenters. The average molecular weight is 330 g/mol. The molecule has 1 amide bonds. The van der Waals surface area contributed by atoms with Gasteiger partial charge in [-0.15, -0.1) is 0 Å². The second kappa shape index (κ2) is 7.29. The Labute approximate surface area is 139 Å². The normalized spacial score (nSPS) is 16.6. The minimum absolute atomic E-state index is 0.0351. The van der Waals surface area contributed by atoms with Crippen molar-refractivity contribution in [3.8, 4) is 5.75 Å². The van der Waals surface area contributed by atoms with E-state index in [0.717, 1.165) is 12.8 Å². The highest BCUT2D eigenvalue weighted by molar-refractivity contribution is 5.92. The minimum Gasteiger partial charge on any atom is -0.484 e. The van der Waals surface area contributed by atoms with E-state index >= 15 is 0 Å². The maximum absolute atomic E-state index is 13.1. The molecule has 5 nitrogen and oxygen atoms in total. The maximum Gasteiger partial charge on any atom is 0.276 e. The molecule has 0 radical (unpaired) electrons. The van der Waals surface area contributed by atoms with Crippen molar-refractivity contribution in [1.82, 2.24) is 9.88 Å². The highest BCUT2D eigenvalue weighted by atomic mass is 19.1. The lowest BCUT2D eigenvalue weighted by Gasteiger charge is -2.23. The minimum atomic E-state index is -0.376. The van der Waals surface area contributed by atoms with Crippen LogP contribution in [0.3, 0.4) is 0 Å².